The van der Waals surface area contributed by atoms with Crippen molar-refractivity contribution in [1.82, 2.24) is 4.98 Å². The first-order chi connectivity index (χ1) is 11.4. The number of amides is 1. The molecule has 5 nitrogen and oxygen atoms in total. The van der Waals surface area contributed by atoms with Crippen LogP contribution in [-0.2, 0) is 11.2 Å². The predicted octanol–water partition coefficient (Wildman–Crippen LogP) is 3.59. The van der Waals surface area contributed by atoms with Crippen molar-refractivity contribution in [1.29, 1.82) is 0 Å². The van der Waals surface area contributed by atoms with Gasteiger partial charge in [-0.25, -0.2) is 13.6 Å². The number of H-pyrrole nitrogens is 1. The molecular formula is C17H18F2N2O3. The molecule has 128 valence electrons. The summed E-state index contributed by atoms with van der Waals surface area (Å²) in [6, 6.07) is 2.87. The summed E-state index contributed by atoms with van der Waals surface area (Å²) in [5, 5.41) is 2.39. The Bertz CT molecular complexity index is 784. The number of anilines is 1. The first kappa shape index (κ1) is 17.7. The molecule has 0 unspecified atom stereocenters. The minimum absolute atomic E-state index is 0.143. The highest BCUT2D eigenvalue weighted by molar-refractivity contribution is 6.07. The minimum atomic E-state index is -0.878. The van der Waals surface area contributed by atoms with Crippen LogP contribution >= 0.6 is 0 Å². The zero-order valence-corrected chi connectivity index (χ0v) is 13.6. The van der Waals surface area contributed by atoms with Gasteiger partial charge in [-0.15, -0.1) is 0 Å². The molecule has 0 bridgehead atoms. The van der Waals surface area contributed by atoms with Crippen molar-refractivity contribution in [3.8, 4) is 0 Å². The van der Waals surface area contributed by atoms with Crippen molar-refractivity contribution in [2.75, 3.05) is 12.4 Å². The third-order valence-corrected chi connectivity index (χ3v) is 3.59. The number of esters is 1. The number of halogens is 2. The predicted molar refractivity (Wildman–Crippen MR) is 85.2 cm³/mol. The highest BCUT2D eigenvalue weighted by Crippen LogP contribution is 2.23. The number of aromatic amines is 1. The summed E-state index contributed by atoms with van der Waals surface area (Å²) >= 11 is 0. The molecule has 24 heavy (non-hydrogen) atoms. The maximum Gasteiger partial charge on any atom is 0.339 e. The number of nitrogens with one attached hydrogen (secondary N) is 2. The third kappa shape index (κ3) is 3.45. The quantitative estimate of drug-likeness (QED) is 0.820. The number of aromatic nitrogens is 1. The van der Waals surface area contributed by atoms with E-state index in [9.17, 15) is 18.4 Å². The van der Waals surface area contributed by atoms with E-state index in [0.717, 1.165) is 12.1 Å². The Morgan fingerprint density at radius 1 is 1.29 bits per heavy atom. The molecule has 1 aromatic carbocycles. The molecule has 7 heteroatoms. The van der Waals surface area contributed by atoms with Gasteiger partial charge in [0.1, 0.15) is 17.3 Å². The maximum atomic E-state index is 13.7. The zero-order chi connectivity index (χ0) is 17.9. The molecular weight excluding hydrogens is 318 g/mol. The van der Waals surface area contributed by atoms with Crippen LogP contribution in [0.25, 0.3) is 0 Å². The zero-order valence-electron chi connectivity index (χ0n) is 13.6. The number of ether oxygens (including phenoxy) is 1. The molecule has 2 N–H and O–H groups in total. The van der Waals surface area contributed by atoms with Crippen molar-refractivity contribution in [2.24, 2.45) is 0 Å². The molecule has 0 radical (unpaired) electrons. The van der Waals surface area contributed by atoms with Gasteiger partial charge in [-0.2, -0.15) is 0 Å². The van der Waals surface area contributed by atoms with E-state index >= 15 is 0 Å². The highest BCUT2D eigenvalue weighted by atomic mass is 19.1. The van der Waals surface area contributed by atoms with Crippen LogP contribution in [0.1, 0.15) is 45.4 Å². The van der Waals surface area contributed by atoms with Crippen LogP contribution in [0.15, 0.2) is 18.2 Å². The van der Waals surface area contributed by atoms with Gasteiger partial charge in [-0.3, -0.25) is 4.79 Å². The Hall–Kier alpha value is -2.70. The number of aryl methyl sites for hydroxylation is 1. The third-order valence-electron chi connectivity index (χ3n) is 3.59. The van der Waals surface area contributed by atoms with Crippen LogP contribution < -0.4 is 5.32 Å². The van der Waals surface area contributed by atoms with E-state index in [4.69, 9.17) is 4.74 Å². The Morgan fingerprint density at radius 3 is 2.58 bits per heavy atom. The average Bonchev–Trinajstić information content (AvgIpc) is 2.86. The van der Waals surface area contributed by atoms with Crippen molar-refractivity contribution in [3.63, 3.8) is 0 Å². The first-order valence-electron chi connectivity index (χ1n) is 7.45. The van der Waals surface area contributed by atoms with Crippen LogP contribution in [0, 0.1) is 18.6 Å². The standard InChI is InChI=1S/C17H18F2N2O3/c1-4-5-11-14(17(23)24-3)9(2)20-15(11)16(22)21-13-7-6-10(18)8-12(13)19/h6-8,20H,4-5H2,1-3H3,(H,21,22). The molecule has 1 amide bonds. The fourth-order valence-electron chi connectivity index (χ4n) is 2.52. The molecule has 0 aliphatic carbocycles. The lowest BCUT2D eigenvalue weighted by Crippen LogP contribution is -2.16. The average molecular weight is 336 g/mol. The lowest BCUT2D eigenvalue weighted by Gasteiger charge is -2.08. The Labute approximate surface area is 138 Å². The van der Waals surface area contributed by atoms with Crippen molar-refractivity contribution < 1.29 is 23.1 Å². The largest absolute Gasteiger partial charge is 0.465 e. The maximum absolute atomic E-state index is 13.7. The topological polar surface area (TPSA) is 71.2 Å². The summed E-state index contributed by atoms with van der Waals surface area (Å²) in [4.78, 5) is 27.3. The van der Waals surface area contributed by atoms with Gasteiger partial charge in [0.15, 0.2) is 0 Å². The molecule has 1 aromatic heterocycles. The van der Waals surface area contributed by atoms with Crippen molar-refractivity contribution >= 4 is 17.6 Å². The van der Waals surface area contributed by atoms with Gasteiger partial charge >= 0.3 is 5.97 Å². The van der Waals surface area contributed by atoms with Crippen molar-refractivity contribution in [2.45, 2.75) is 26.7 Å². The van der Waals surface area contributed by atoms with Gasteiger partial charge in [0, 0.05) is 11.8 Å². The minimum Gasteiger partial charge on any atom is -0.465 e. The van der Waals surface area contributed by atoms with Gasteiger partial charge in [0.05, 0.1) is 18.4 Å². The van der Waals surface area contributed by atoms with E-state index in [0.29, 0.717) is 35.7 Å². The number of benzene rings is 1. The SMILES string of the molecule is CCCc1c(C(=O)Nc2ccc(F)cc2F)[nH]c(C)c1C(=O)OC. The van der Waals surface area contributed by atoms with Gasteiger partial charge in [-0.1, -0.05) is 13.3 Å². The number of hydrogen-bond acceptors (Lipinski definition) is 3. The number of methoxy groups -OCH3 is 1. The fraction of sp³-hybridized carbons (Fsp3) is 0.294. The lowest BCUT2D eigenvalue weighted by molar-refractivity contribution is 0.0599. The van der Waals surface area contributed by atoms with Crippen LogP contribution in [0.4, 0.5) is 14.5 Å². The second kappa shape index (κ2) is 7.25. The molecule has 1 heterocycles. The van der Waals surface area contributed by atoms with E-state index in [2.05, 4.69) is 10.3 Å². The van der Waals surface area contributed by atoms with E-state index in [1.165, 1.54) is 7.11 Å². The number of carbonyl (C=O) groups excluding carboxylic acids is 2. The summed E-state index contributed by atoms with van der Waals surface area (Å²) in [6.07, 6.45) is 1.18. The molecule has 2 rings (SSSR count). The fourth-order valence-corrected chi connectivity index (χ4v) is 2.52. The highest BCUT2D eigenvalue weighted by Gasteiger charge is 2.25. The Balaban J connectivity index is 2.40. The van der Waals surface area contributed by atoms with E-state index in [1.807, 2.05) is 6.92 Å². The van der Waals surface area contributed by atoms with Gasteiger partial charge in [0.2, 0.25) is 0 Å². The monoisotopic (exact) mass is 336 g/mol. The molecule has 0 aliphatic heterocycles. The van der Waals surface area contributed by atoms with Crippen LogP contribution in [0.5, 0.6) is 0 Å². The molecule has 0 fully saturated rings. The summed E-state index contributed by atoms with van der Waals surface area (Å²) in [7, 11) is 1.26. The molecule has 0 spiro atoms. The Morgan fingerprint density at radius 2 is 2.00 bits per heavy atom. The van der Waals surface area contributed by atoms with Gasteiger partial charge in [0.25, 0.3) is 5.91 Å². The van der Waals surface area contributed by atoms with E-state index in [1.54, 1.807) is 6.92 Å². The first-order valence-corrected chi connectivity index (χ1v) is 7.45. The summed E-state index contributed by atoms with van der Waals surface area (Å²) in [5.41, 5.74) is 1.34. The number of carbonyl (C=O) groups is 2. The molecule has 0 aliphatic rings. The molecule has 0 saturated heterocycles. The molecule has 0 atom stereocenters. The number of hydrogen-bond donors (Lipinski definition) is 2. The second-order valence-corrected chi connectivity index (χ2v) is 5.30. The smallest absolute Gasteiger partial charge is 0.339 e. The Kier molecular flexibility index (Phi) is 5.33. The summed E-state index contributed by atoms with van der Waals surface area (Å²) in [6.45, 7) is 3.56. The van der Waals surface area contributed by atoms with E-state index < -0.39 is 23.5 Å². The second-order valence-electron chi connectivity index (χ2n) is 5.30. The van der Waals surface area contributed by atoms with Gasteiger partial charge < -0.3 is 15.0 Å². The molecule has 0 saturated carbocycles. The van der Waals surface area contributed by atoms with Crippen LogP contribution in [0.3, 0.4) is 0 Å². The lowest BCUT2D eigenvalue weighted by atomic mass is 10.0. The summed E-state index contributed by atoms with van der Waals surface area (Å²) < 4.78 is 31.4. The summed E-state index contributed by atoms with van der Waals surface area (Å²) in [5.74, 6) is -2.76. The van der Waals surface area contributed by atoms with E-state index in [-0.39, 0.29) is 11.4 Å². The van der Waals surface area contributed by atoms with Crippen molar-refractivity contribution in [3.05, 3.63) is 52.3 Å². The molecule has 2 aromatic rings. The number of rotatable bonds is 5. The normalized spacial score (nSPS) is 10.5. The van der Waals surface area contributed by atoms with Crippen LogP contribution in [-0.4, -0.2) is 24.0 Å². The van der Waals surface area contributed by atoms with Crippen LogP contribution in [0.2, 0.25) is 0 Å². The van der Waals surface area contributed by atoms with Gasteiger partial charge in [-0.05, 0) is 31.0 Å².